The SMILES string of the molecule is Cc1csc([C@H]2CCCN2C(=O)c2cc(C(=O)N[C@@H](Cc3cc(F)cc(F)c3)[C@H](O)[C@@H]3CCCN3)cc3c2CCO3)n1. The highest BCUT2D eigenvalue weighted by molar-refractivity contribution is 7.09. The van der Waals surface area contributed by atoms with Crippen LogP contribution < -0.4 is 15.4 Å². The highest BCUT2D eigenvalue weighted by atomic mass is 32.1. The minimum Gasteiger partial charge on any atom is -0.493 e. The number of carbonyl (C=O) groups excluding carboxylic acids is 2. The molecule has 42 heavy (non-hydrogen) atoms. The van der Waals surface area contributed by atoms with Crippen molar-refractivity contribution < 1.29 is 28.2 Å². The average Bonchev–Trinajstić information content (AvgIpc) is 3.77. The van der Waals surface area contributed by atoms with E-state index in [0.29, 0.717) is 42.9 Å². The van der Waals surface area contributed by atoms with Crippen molar-refractivity contribution in [2.24, 2.45) is 0 Å². The van der Waals surface area contributed by atoms with E-state index >= 15 is 0 Å². The molecule has 222 valence electrons. The predicted molar refractivity (Wildman–Crippen MR) is 154 cm³/mol. The van der Waals surface area contributed by atoms with Crippen LogP contribution in [0.3, 0.4) is 0 Å². The van der Waals surface area contributed by atoms with E-state index in [1.54, 1.807) is 23.5 Å². The maximum Gasteiger partial charge on any atom is 0.254 e. The van der Waals surface area contributed by atoms with Gasteiger partial charge >= 0.3 is 0 Å². The van der Waals surface area contributed by atoms with Crippen molar-refractivity contribution in [1.82, 2.24) is 20.5 Å². The van der Waals surface area contributed by atoms with Gasteiger partial charge in [0.2, 0.25) is 0 Å². The summed E-state index contributed by atoms with van der Waals surface area (Å²) in [6, 6.07) is 5.20. The molecule has 0 aliphatic carbocycles. The Morgan fingerprint density at radius 3 is 2.71 bits per heavy atom. The topological polar surface area (TPSA) is 104 Å². The summed E-state index contributed by atoms with van der Waals surface area (Å²) in [6.45, 7) is 3.69. The predicted octanol–water partition coefficient (Wildman–Crippen LogP) is 4.10. The number of hydrogen-bond acceptors (Lipinski definition) is 7. The molecule has 4 heterocycles. The quantitative estimate of drug-likeness (QED) is 0.362. The van der Waals surface area contributed by atoms with Crippen molar-refractivity contribution in [3.05, 3.63) is 80.3 Å². The van der Waals surface area contributed by atoms with Crippen molar-refractivity contribution in [3.63, 3.8) is 0 Å². The van der Waals surface area contributed by atoms with Crippen LogP contribution >= 0.6 is 11.3 Å². The average molecular weight is 597 g/mol. The van der Waals surface area contributed by atoms with Gasteiger partial charge < -0.3 is 25.4 Å². The summed E-state index contributed by atoms with van der Waals surface area (Å²) in [7, 11) is 0. The van der Waals surface area contributed by atoms with Crippen LogP contribution in [-0.4, -0.2) is 64.7 Å². The van der Waals surface area contributed by atoms with E-state index in [0.717, 1.165) is 48.1 Å². The Kier molecular flexibility index (Phi) is 8.24. The fourth-order valence-corrected chi connectivity index (χ4v) is 7.28. The Bertz CT molecular complexity index is 1470. The molecule has 0 spiro atoms. The molecule has 2 saturated heterocycles. The number of aliphatic hydroxyl groups is 1. The lowest BCUT2D eigenvalue weighted by Gasteiger charge is -2.29. The van der Waals surface area contributed by atoms with E-state index in [1.807, 2.05) is 17.2 Å². The first kappa shape index (κ1) is 28.7. The number of hydrogen-bond donors (Lipinski definition) is 3. The number of nitrogens with zero attached hydrogens (tertiary/aromatic N) is 2. The molecule has 3 aliphatic rings. The number of aromatic nitrogens is 1. The van der Waals surface area contributed by atoms with Crippen LogP contribution in [0, 0.1) is 18.6 Å². The smallest absolute Gasteiger partial charge is 0.254 e. The first-order chi connectivity index (χ1) is 20.3. The lowest BCUT2D eigenvalue weighted by Crippen LogP contribution is -2.52. The maximum atomic E-state index is 14.0. The summed E-state index contributed by atoms with van der Waals surface area (Å²) in [4.78, 5) is 34.1. The number of amides is 2. The monoisotopic (exact) mass is 596 g/mol. The number of rotatable bonds is 8. The largest absolute Gasteiger partial charge is 0.493 e. The molecule has 3 N–H and O–H groups in total. The summed E-state index contributed by atoms with van der Waals surface area (Å²) >= 11 is 1.55. The molecule has 0 unspecified atom stereocenters. The second-order valence-corrected chi connectivity index (χ2v) is 12.2. The molecule has 0 bridgehead atoms. The highest BCUT2D eigenvalue weighted by Crippen LogP contribution is 2.37. The Morgan fingerprint density at radius 2 is 2.00 bits per heavy atom. The Morgan fingerprint density at radius 1 is 1.19 bits per heavy atom. The lowest BCUT2D eigenvalue weighted by molar-refractivity contribution is 0.0732. The van der Waals surface area contributed by atoms with Crippen molar-refractivity contribution in [2.45, 2.75) is 69.7 Å². The normalized spacial score (nSPS) is 21.2. The molecule has 0 radical (unpaired) electrons. The second kappa shape index (κ2) is 12.1. The van der Waals surface area contributed by atoms with Gasteiger partial charge in [-0.05, 0) is 75.4 Å². The molecule has 3 aliphatic heterocycles. The van der Waals surface area contributed by atoms with Crippen molar-refractivity contribution in [1.29, 1.82) is 0 Å². The molecular weight excluding hydrogens is 562 g/mol. The van der Waals surface area contributed by atoms with E-state index in [1.165, 1.54) is 12.1 Å². The van der Waals surface area contributed by atoms with Gasteiger partial charge in [-0.1, -0.05) is 0 Å². The van der Waals surface area contributed by atoms with E-state index in [9.17, 15) is 23.5 Å². The third-order valence-corrected chi connectivity index (χ3v) is 9.43. The lowest BCUT2D eigenvalue weighted by atomic mass is 9.94. The fraction of sp³-hybridized carbons (Fsp3) is 0.452. The van der Waals surface area contributed by atoms with Gasteiger partial charge in [-0.2, -0.15) is 0 Å². The van der Waals surface area contributed by atoms with E-state index in [2.05, 4.69) is 15.6 Å². The van der Waals surface area contributed by atoms with Crippen LogP contribution in [0.2, 0.25) is 0 Å². The van der Waals surface area contributed by atoms with Crippen molar-refractivity contribution in [3.8, 4) is 5.75 Å². The van der Waals surface area contributed by atoms with Gasteiger partial charge in [0.05, 0.1) is 24.8 Å². The summed E-state index contributed by atoms with van der Waals surface area (Å²) in [5, 5.41) is 20.3. The zero-order valence-corrected chi connectivity index (χ0v) is 24.2. The van der Waals surface area contributed by atoms with Gasteiger partial charge in [-0.25, -0.2) is 13.8 Å². The molecule has 2 amide bonds. The number of halogens is 2. The third kappa shape index (κ3) is 5.91. The van der Waals surface area contributed by atoms with E-state index < -0.39 is 29.7 Å². The van der Waals surface area contributed by atoms with Gasteiger partial charge in [0.15, 0.2) is 0 Å². The molecule has 4 atom stereocenters. The van der Waals surface area contributed by atoms with Crippen molar-refractivity contribution in [2.75, 3.05) is 19.7 Å². The number of aryl methyl sites for hydroxylation is 1. The standard InChI is InChI=1S/C31H34F2N4O4S/c1-17-16-42-30(35-17)26-5-3-8-37(26)31(40)23-13-19(14-27-22(23)6-9-41-27)29(39)36-25(28(38)24-4-2-7-34-24)12-18-10-20(32)15-21(33)11-18/h10-11,13-16,24-26,28,34,38H,2-9,12H2,1H3,(H,36,39)/t24-,25-,26+,28+/m0/s1. The number of fused-ring (bicyclic) bond motifs is 1. The van der Waals surface area contributed by atoms with E-state index in [4.69, 9.17) is 4.74 Å². The Labute approximate surface area is 247 Å². The molecule has 8 nitrogen and oxygen atoms in total. The number of thiazole rings is 1. The third-order valence-electron chi connectivity index (χ3n) is 8.36. The summed E-state index contributed by atoms with van der Waals surface area (Å²) < 4.78 is 33.7. The van der Waals surface area contributed by atoms with Gasteiger partial charge in [0.1, 0.15) is 22.4 Å². The molecule has 11 heteroatoms. The Hall–Kier alpha value is -3.41. The van der Waals surface area contributed by atoms with E-state index in [-0.39, 0.29) is 30.0 Å². The Balaban J connectivity index is 1.28. The summed E-state index contributed by atoms with van der Waals surface area (Å²) in [5.74, 6) is -1.63. The zero-order chi connectivity index (χ0) is 29.4. The number of ether oxygens (including phenoxy) is 1. The molecule has 2 fully saturated rings. The minimum absolute atomic E-state index is 0.0235. The van der Waals surface area contributed by atoms with Gasteiger partial charge in [0, 0.05) is 52.8 Å². The molecular formula is C31H34F2N4O4S. The highest BCUT2D eigenvalue weighted by Gasteiger charge is 2.36. The van der Waals surface area contributed by atoms with Gasteiger partial charge in [-0.3, -0.25) is 9.59 Å². The summed E-state index contributed by atoms with van der Waals surface area (Å²) in [5.41, 5.74) is 2.67. The molecule has 1 aromatic heterocycles. The van der Waals surface area contributed by atoms with Crippen LogP contribution in [0.15, 0.2) is 35.7 Å². The molecule has 0 saturated carbocycles. The minimum atomic E-state index is -0.998. The van der Waals surface area contributed by atoms with Crippen molar-refractivity contribution >= 4 is 23.2 Å². The van der Waals surface area contributed by atoms with Crippen LogP contribution in [0.1, 0.15) is 74.3 Å². The van der Waals surface area contributed by atoms with Crippen LogP contribution in [0.25, 0.3) is 0 Å². The molecule has 2 aromatic carbocycles. The molecule has 3 aromatic rings. The number of nitrogens with one attached hydrogen (secondary N) is 2. The molecule has 6 rings (SSSR count). The van der Waals surface area contributed by atoms with Crippen LogP contribution in [0.4, 0.5) is 8.78 Å². The number of benzene rings is 2. The maximum absolute atomic E-state index is 14.0. The van der Waals surface area contributed by atoms with Crippen LogP contribution in [-0.2, 0) is 12.8 Å². The first-order valence-corrected chi connectivity index (χ1v) is 15.3. The van der Waals surface area contributed by atoms with Gasteiger partial charge in [0.25, 0.3) is 11.8 Å². The second-order valence-electron chi connectivity index (χ2n) is 11.3. The summed E-state index contributed by atoms with van der Waals surface area (Å²) in [6.07, 6.45) is 2.87. The zero-order valence-electron chi connectivity index (χ0n) is 23.4. The number of likely N-dealkylation sites (tertiary alicyclic amines) is 1. The fourth-order valence-electron chi connectivity index (χ4n) is 6.34. The number of aliphatic hydroxyl groups excluding tert-OH is 1. The number of carbonyl (C=O) groups is 2. The van der Waals surface area contributed by atoms with Gasteiger partial charge in [-0.15, -0.1) is 11.3 Å². The first-order valence-electron chi connectivity index (χ1n) is 14.5. The van der Waals surface area contributed by atoms with Crippen LogP contribution in [0.5, 0.6) is 5.75 Å².